The summed E-state index contributed by atoms with van der Waals surface area (Å²) in [7, 11) is 0. The number of amides is 11. The Morgan fingerprint density at radius 2 is 0.846 bits per heavy atom. The van der Waals surface area contributed by atoms with E-state index in [1.165, 1.54) is 35.6 Å². The van der Waals surface area contributed by atoms with Gasteiger partial charge in [0.25, 0.3) is 0 Å². The van der Waals surface area contributed by atoms with Crippen LogP contribution in [0.2, 0.25) is 0 Å². The van der Waals surface area contributed by atoms with E-state index in [0.717, 1.165) is 0 Å². The standard InChI is InChI=1S/C63H99N15O12S/c1-36(2)31-47(58(85)70-44(54(69)81)25-26-52(68)80)73-56(83)45(19-12-28-65)71-60(87)50(34-40-21-23-41(79)24-22-40)76-62(89)51(35-42-17-14-30-91-42)77-61(88)49(33-39-15-8-7-9-16-39)75-59(86)48(32-37(3)4)74-57(84)46(20-13-29-66)72-63(90)53(38(5)6)78-55(82)43(67)18-10-11-27-64/h7-9,14-17,21-24,30,36-38,43-51,53,79H,10-13,18-20,25-29,31-35,64-67H2,1-6H3,(H2,68,80)(H2,69,81)(H,70,85)(H,71,87)(H,72,90)(H,73,83)(H,74,84)(H,75,86)(H,76,89)(H,77,88)(H,78,82)/t43-,44-,45+,46+,47+,48+,49-,50+,51+,53+/m1/s1. The number of phenols is 1. The fraction of sp³-hybridized carbons (Fsp3) is 0.571. The van der Waals surface area contributed by atoms with E-state index in [2.05, 4.69) is 47.9 Å². The molecule has 1 heterocycles. The highest BCUT2D eigenvalue weighted by Crippen LogP contribution is 2.17. The molecule has 0 saturated carbocycles. The zero-order valence-corrected chi connectivity index (χ0v) is 54.1. The molecule has 0 aliphatic heterocycles. The number of nitrogens with one attached hydrogen (secondary N) is 9. The molecule has 91 heavy (non-hydrogen) atoms. The zero-order chi connectivity index (χ0) is 67.7. The molecule has 3 aromatic rings. The van der Waals surface area contributed by atoms with E-state index >= 15 is 0 Å². The Balaban J connectivity index is 2.02. The minimum atomic E-state index is -1.46. The Morgan fingerprint density at radius 3 is 1.27 bits per heavy atom. The second-order valence-corrected chi connectivity index (χ2v) is 25.0. The average molecular weight is 1290 g/mol. The third-order valence-corrected chi connectivity index (χ3v) is 15.7. The first-order valence-corrected chi connectivity index (χ1v) is 32.0. The number of hydrogen-bond acceptors (Lipinski definition) is 17. The van der Waals surface area contributed by atoms with Gasteiger partial charge in [-0.2, -0.15) is 0 Å². The van der Waals surface area contributed by atoms with Gasteiger partial charge in [0.1, 0.15) is 60.1 Å². The fourth-order valence-corrected chi connectivity index (χ4v) is 10.5. The van der Waals surface area contributed by atoms with Gasteiger partial charge in [-0.1, -0.05) is 96.5 Å². The molecule has 11 amide bonds. The van der Waals surface area contributed by atoms with E-state index in [9.17, 15) is 57.8 Å². The van der Waals surface area contributed by atoms with Crippen LogP contribution in [0.15, 0.2) is 72.1 Å². The van der Waals surface area contributed by atoms with E-state index in [-0.39, 0.29) is 94.9 Å². The minimum absolute atomic E-state index is 0.0302. The molecule has 27 nitrogen and oxygen atoms in total. The van der Waals surface area contributed by atoms with Crippen LogP contribution in [0.4, 0.5) is 0 Å². The Kier molecular flexibility index (Phi) is 34.5. The summed E-state index contributed by atoms with van der Waals surface area (Å²) in [5.41, 5.74) is 35.4. The monoisotopic (exact) mass is 1290 g/mol. The summed E-state index contributed by atoms with van der Waals surface area (Å²) in [6, 6.07) is 5.42. The van der Waals surface area contributed by atoms with Crippen molar-refractivity contribution in [2.75, 3.05) is 19.6 Å². The topological polar surface area (TPSA) is 472 Å². The van der Waals surface area contributed by atoms with Crippen LogP contribution in [0.3, 0.4) is 0 Å². The molecule has 22 N–H and O–H groups in total. The van der Waals surface area contributed by atoms with Gasteiger partial charge in [-0.15, -0.1) is 11.3 Å². The molecular formula is C63H99N15O12S. The number of primary amides is 2. The lowest BCUT2D eigenvalue weighted by Gasteiger charge is -2.29. The number of benzene rings is 2. The lowest BCUT2D eigenvalue weighted by molar-refractivity contribution is -0.136. The predicted octanol–water partition coefficient (Wildman–Crippen LogP) is -0.722. The maximum absolute atomic E-state index is 14.9. The van der Waals surface area contributed by atoms with Gasteiger partial charge in [0, 0.05) is 30.6 Å². The van der Waals surface area contributed by atoms with Gasteiger partial charge in [-0.25, -0.2) is 0 Å². The number of phenolic OH excluding ortho intramolecular Hbond substituents is 1. The molecule has 0 unspecified atom stereocenters. The van der Waals surface area contributed by atoms with Crippen LogP contribution >= 0.6 is 11.3 Å². The lowest BCUT2D eigenvalue weighted by atomic mass is 9.99. The number of carbonyl (C=O) groups excluding carboxylic acids is 11. The molecule has 3 rings (SSSR count). The van der Waals surface area contributed by atoms with Crippen molar-refractivity contribution < 1.29 is 57.8 Å². The van der Waals surface area contributed by atoms with Gasteiger partial charge in [0.2, 0.25) is 65.0 Å². The number of carbonyl (C=O) groups is 11. The van der Waals surface area contributed by atoms with Crippen molar-refractivity contribution in [3.05, 3.63) is 88.1 Å². The van der Waals surface area contributed by atoms with E-state index in [4.69, 9.17) is 34.4 Å². The van der Waals surface area contributed by atoms with E-state index in [1.54, 1.807) is 75.5 Å². The molecule has 504 valence electrons. The number of nitrogens with two attached hydrogens (primary N) is 6. The average Bonchev–Trinajstić information content (AvgIpc) is 2.26. The molecule has 0 saturated heterocycles. The first kappa shape index (κ1) is 77.2. The Bertz CT molecular complexity index is 2810. The van der Waals surface area contributed by atoms with Gasteiger partial charge in [0.05, 0.1) is 6.04 Å². The maximum atomic E-state index is 14.9. The summed E-state index contributed by atoms with van der Waals surface area (Å²) in [6.45, 7) is 11.4. The van der Waals surface area contributed by atoms with Crippen LogP contribution < -0.4 is 82.3 Å². The second-order valence-electron chi connectivity index (χ2n) is 24.0. The molecule has 0 fully saturated rings. The van der Waals surface area contributed by atoms with Crippen molar-refractivity contribution >= 4 is 76.3 Å². The number of rotatable bonds is 43. The lowest BCUT2D eigenvalue weighted by Crippen LogP contribution is -2.61. The Morgan fingerprint density at radius 1 is 0.429 bits per heavy atom. The molecule has 0 aliphatic rings. The molecule has 28 heteroatoms. The number of unbranched alkanes of at least 4 members (excludes halogenated alkanes) is 1. The normalized spacial score (nSPS) is 14.6. The van der Waals surface area contributed by atoms with Crippen molar-refractivity contribution in [3.8, 4) is 5.75 Å². The van der Waals surface area contributed by atoms with Gasteiger partial charge >= 0.3 is 0 Å². The van der Waals surface area contributed by atoms with Crippen molar-refractivity contribution in [2.24, 2.45) is 52.2 Å². The maximum Gasteiger partial charge on any atom is 0.243 e. The summed E-state index contributed by atoms with van der Waals surface area (Å²) in [5, 5.41) is 36.5. The molecule has 2 aromatic carbocycles. The van der Waals surface area contributed by atoms with Gasteiger partial charge in [-0.3, -0.25) is 52.7 Å². The largest absolute Gasteiger partial charge is 0.508 e. The first-order chi connectivity index (χ1) is 43.2. The number of aromatic hydroxyl groups is 1. The van der Waals surface area contributed by atoms with Crippen molar-refractivity contribution in [2.45, 2.75) is 192 Å². The summed E-state index contributed by atoms with van der Waals surface area (Å²) in [5.74, 6) is -9.34. The first-order valence-electron chi connectivity index (χ1n) is 31.2. The van der Waals surface area contributed by atoms with Crippen molar-refractivity contribution in [1.82, 2.24) is 47.9 Å². The highest BCUT2D eigenvalue weighted by atomic mass is 32.1. The van der Waals surface area contributed by atoms with Crippen LogP contribution in [0.5, 0.6) is 5.75 Å². The molecular weight excluding hydrogens is 1190 g/mol. The third kappa shape index (κ3) is 28.8. The molecule has 0 aliphatic carbocycles. The van der Waals surface area contributed by atoms with Gasteiger partial charge < -0.3 is 87.4 Å². The molecule has 10 atom stereocenters. The predicted molar refractivity (Wildman–Crippen MR) is 346 cm³/mol. The van der Waals surface area contributed by atoms with Crippen LogP contribution in [-0.4, -0.2) is 150 Å². The van der Waals surface area contributed by atoms with Crippen molar-refractivity contribution in [1.29, 1.82) is 0 Å². The fourth-order valence-electron chi connectivity index (χ4n) is 9.74. The third-order valence-electron chi connectivity index (χ3n) is 14.8. The highest BCUT2D eigenvalue weighted by molar-refractivity contribution is 7.09. The summed E-state index contributed by atoms with van der Waals surface area (Å²) in [4.78, 5) is 153. The number of hydrogen-bond donors (Lipinski definition) is 16. The van der Waals surface area contributed by atoms with Gasteiger partial charge in [-0.05, 0) is 130 Å². The van der Waals surface area contributed by atoms with Crippen LogP contribution in [-0.2, 0) is 72.0 Å². The number of thiophene rings is 1. The molecule has 0 bridgehead atoms. The van der Waals surface area contributed by atoms with Crippen LogP contribution in [0.25, 0.3) is 0 Å². The summed E-state index contributed by atoms with van der Waals surface area (Å²) in [6.07, 6.45) is 1.48. The van der Waals surface area contributed by atoms with Gasteiger partial charge in [0.15, 0.2) is 0 Å². The zero-order valence-electron chi connectivity index (χ0n) is 53.3. The van der Waals surface area contributed by atoms with E-state index in [1.807, 2.05) is 13.8 Å². The Labute approximate surface area is 537 Å². The smallest absolute Gasteiger partial charge is 0.243 e. The van der Waals surface area contributed by atoms with Crippen molar-refractivity contribution in [3.63, 3.8) is 0 Å². The molecule has 0 radical (unpaired) electrons. The second kappa shape index (κ2) is 40.6. The minimum Gasteiger partial charge on any atom is -0.508 e. The van der Waals surface area contributed by atoms with E-state index < -0.39 is 131 Å². The SMILES string of the molecule is CC(C)C[C@H](NC(=O)[C@H](CCCN)NC(=O)[C@H](Cc1ccc(O)cc1)NC(=O)[C@H](Cc1cccs1)NC(=O)[C@@H](Cc1ccccc1)NC(=O)[C@H](CC(C)C)NC(=O)[C@H](CCCN)NC(=O)[C@@H](NC(=O)[C@H](N)CCCCN)C(C)C)C(=O)N[C@H](CCC(N)=O)C(N)=O. The molecule has 1 aromatic heterocycles. The quantitative estimate of drug-likeness (QED) is 0.0311. The highest BCUT2D eigenvalue weighted by Gasteiger charge is 2.37. The van der Waals surface area contributed by atoms with Crippen LogP contribution in [0, 0.1) is 17.8 Å². The summed E-state index contributed by atoms with van der Waals surface area (Å²) < 4.78 is 0. The Hall–Kier alpha value is -8.05. The molecule has 0 spiro atoms. The van der Waals surface area contributed by atoms with Crippen LogP contribution in [0.1, 0.15) is 128 Å². The van der Waals surface area contributed by atoms with E-state index in [0.29, 0.717) is 48.2 Å². The summed E-state index contributed by atoms with van der Waals surface area (Å²) >= 11 is 1.29.